The number of hydrogen-bond donors (Lipinski definition) is 2. The molecular weight excluding hydrogens is 450 g/mol. The molecule has 0 radical (unpaired) electrons. The molecule has 3 aromatic heterocycles. The molecule has 1 amide bonds. The molecule has 0 bridgehead atoms. The summed E-state index contributed by atoms with van der Waals surface area (Å²) in [6, 6.07) is 15.4. The predicted molar refractivity (Wildman–Crippen MR) is 130 cm³/mol. The molecule has 2 saturated carbocycles. The average Bonchev–Trinajstić information content (AvgIpc) is 3.78. The van der Waals surface area contributed by atoms with Crippen LogP contribution in [0.15, 0.2) is 65.7 Å². The maximum atomic E-state index is 13.0. The van der Waals surface area contributed by atoms with E-state index in [1.165, 1.54) is 0 Å². The molecule has 2 fully saturated rings. The van der Waals surface area contributed by atoms with Crippen LogP contribution in [0.1, 0.15) is 40.4 Å². The molecule has 0 aliphatic heterocycles. The highest BCUT2D eigenvalue weighted by Crippen LogP contribution is 2.50. The normalized spacial score (nSPS) is 19.2. The Labute approximate surface area is 198 Å². The first-order chi connectivity index (χ1) is 16.5. The van der Waals surface area contributed by atoms with Crippen molar-refractivity contribution in [3.05, 3.63) is 81.6 Å². The summed E-state index contributed by atoms with van der Waals surface area (Å²) >= 11 is 1.61. The minimum atomic E-state index is -0.735. The van der Waals surface area contributed by atoms with Gasteiger partial charge in [-0.25, -0.2) is 4.98 Å². The largest absolute Gasteiger partial charge is 0.481 e. The first-order valence-corrected chi connectivity index (χ1v) is 12.1. The molecule has 0 saturated heterocycles. The number of rotatable bonds is 6. The minimum absolute atomic E-state index is 0.0964. The van der Waals surface area contributed by atoms with Gasteiger partial charge in [0, 0.05) is 39.8 Å². The van der Waals surface area contributed by atoms with Crippen LogP contribution in [0.5, 0.6) is 0 Å². The van der Waals surface area contributed by atoms with E-state index < -0.39 is 5.97 Å². The number of aliphatic carboxylic acids is 1. The Morgan fingerprint density at radius 2 is 1.97 bits per heavy atom. The Morgan fingerprint density at radius 3 is 2.74 bits per heavy atom. The number of benzene rings is 1. The highest BCUT2D eigenvalue weighted by Gasteiger charge is 2.45. The Balaban J connectivity index is 1.41. The molecule has 2 unspecified atom stereocenters. The molecule has 4 aromatic rings. The Morgan fingerprint density at radius 1 is 1.12 bits per heavy atom. The number of amides is 1. The van der Waals surface area contributed by atoms with E-state index in [1.807, 2.05) is 36.4 Å². The van der Waals surface area contributed by atoms with Gasteiger partial charge in [-0.1, -0.05) is 12.1 Å². The lowest BCUT2D eigenvalue weighted by Crippen LogP contribution is -2.31. The third-order valence-electron chi connectivity index (χ3n) is 6.43. The lowest BCUT2D eigenvalue weighted by molar-refractivity contribution is -0.138. The highest BCUT2D eigenvalue weighted by molar-refractivity contribution is 7.15. The molecule has 2 aliphatic rings. The third kappa shape index (κ3) is 3.70. The molecule has 170 valence electrons. The Kier molecular flexibility index (Phi) is 4.84. The van der Waals surface area contributed by atoms with Gasteiger partial charge in [-0.05, 0) is 61.2 Å². The molecule has 2 atom stereocenters. The first kappa shape index (κ1) is 20.8. The number of carbonyl (C=O) groups excluding carboxylic acids is 1. The van der Waals surface area contributed by atoms with Gasteiger partial charge in [0.2, 0.25) is 5.43 Å². The fourth-order valence-electron chi connectivity index (χ4n) is 4.31. The van der Waals surface area contributed by atoms with E-state index in [0.717, 1.165) is 33.8 Å². The fourth-order valence-corrected chi connectivity index (χ4v) is 5.49. The van der Waals surface area contributed by atoms with Crippen molar-refractivity contribution in [2.24, 2.45) is 5.92 Å². The third-order valence-corrected chi connectivity index (χ3v) is 7.69. The van der Waals surface area contributed by atoms with Crippen LogP contribution >= 0.6 is 11.3 Å². The smallest absolute Gasteiger partial charge is 0.307 e. The summed E-state index contributed by atoms with van der Waals surface area (Å²) in [5.74, 6) is -1.28. The van der Waals surface area contributed by atoms with E-state index in [4.69, 9.17) is 0 Å². The molecule has 2 aliphatic carbocycles. The van der Waals surface area contributed by atoms with Crippen LogP contribution in [-0.2, 0) is 4.79 Å². The van der Waals surface area contributed by atoms with Crippen LogP contribution in [-0.4, -0.2) is 32.6 Å². The second-order valence-electron chi connectivity index (χ2n) is 8.90. The second-order valence-corrected chi connectivity index (χ2v) is 10.0. The monoisotopic (exact) mass is 471 g/mol. The summed E-state index contributed by atoms with van der Waals surface area (Å²) in [6.07, 6.45) is 5.78. The topological polar surface area (TPSA) is 101 Å². The maximum Gasteiger partial charge on any atom is 0.307 e. The van der Waals surface area contributed by atoms with Gasteiger partial charge in [0.15, 0.2) is 0 Å². The Hall–Kier alpha value is -3.78. The molecule has 2 N–H and O–H groups in total. The number of pyridine rings is 2. The SMILES string of the molecule is O=C(NC1CC1)c1cn(-c2cccc(-c3ccc(C4CC4C(=O)O)s3)c2)c2ncccc2c1=O. The van der Waals surface area contributed by atoms with Gasteiger partial charge in [0.25, 0.3) is 5.91 Å². The van der Waals surface area contributed by atoms with Crippen molar-refractivity contribution < 1.29 is 14.7 Å². The van der Waals surface area contributed by atoms with Gasteiger partial charge in [-0.15, -0.1) is 11.3 Å². The van der Waals surface area contributed by atoms with Crippen molar-refractivity contribution in [2.45, 2.75) is 31.2 Å². The highest BCUT2D eigenvalue weighted by atomic mass is 32.1. The molecule has 6 rings (SSSR count). The average molecular weight is 472 g/mol. The van der Waals surface area contributed by atoms with E-state index in [9.17, 15) is 19.5 Å². The van der Waals surface area contributed by atoms with Crippen molar-refractivity contribution in [1.29, 1.82) is 0 Å². The van der Waals surface area contributed by atoms with Crippen molar-refractivity contribution in [3.8, 4) is 16.1 Å². The summed E-state index contributed by atoms with van der Waals surface area (Å²) in [5, 5.41) is 12.5. The number of fused-ring (bicyclic) bond motifs is 1. The second kappa shape index (κ2) is 7.92. The molecule has 7 nitrogen and oxygen atoms in total. The van der Waals surface area contributed by atoms with E-state index >= 15 is 0 Å². The lowest BCUT2D eigenvalue weighted by atomic mass is 10.1. The van der Waals surface area contributed by atoms with Crippen LogP contribution in [0.2, 0.25) is 0 Å². The van der Waals surface area contributed by atoms with Gasteiger partial charge in [-0.2, -0.15) is 0 Å². The Bertz CT molecular complexity index is 1520. The number of aromatic nitrogens is 2. The summed E-state index contributed by atoms with van der Waals surface area (Å²) < 4.78 is 1.79. The van der Waals surface area contributed by atoms with Crippen LogP contribution in [0.25, 0.3) is 27.2 Å². The summed E-state index contributed by atoms with van der Waals surface area (Å²) in [5.41, 5.74) is 2.03. The number of hydrogen-bond acceptors (Lipinski definition) is 5. The maximum absolute atomic E-state index is 13.0. The van der Waals surface area contributed by atoms with Gasteiger partial charge >= 0.3 is 5.97 Å². The lowest BCUT2D eigenvalue weighted by Gasteiger charge is -2.13. The zero-order chi connectivity index (χ0) is 23.4. The van der Waals surface area contributed by atoms with Gasteiger partial charge < -0.3 is 15.0 Å². The van der Waals surface area contributed by atoms with E-state index in [2.05, 4.69) is 10.3 Å². The molecule has 0 spiro atoms. The quantitative estimate of drug-likeness (QED) is 0.439. The van der Waals surface area contributed by atoms with Gasteiger partial charge in [0.1, 0.15) is 11.2 Å². The molecule has 1 aromatic carbocycles. The predicted octanol–water partition coefficient (Wildman–Crippen LogP) is 4.19. The summed E-state index contributed by atoms with van der Waals surface area (Å²) in [4.78, 5) is 43.6. The van der Waals surface area contributed by atoms with Crippen molar-refractivity contribution in [3.63, 3.8) is 0 Å². The number of nitrogens with one attached hydrogen (secondary N) is 1. The first-order valence-electron chi connectivity index (χ1n) is 11.2. The molecule has 34 heavy (non-hydrogen) atoms. The van der Waals surface area contributed by atoms with E-state index in [-0.39, 0.29) is 34.8 Å². The minimum Gasteiger partial charge on any atom is -0.481 e. The van der Waals surface area contributed by atoms with Crippen LogP contribution < -0.4 is 10.7 Å². The number of carboxylic acid groups (broad SMARTS) is 1. The number of carbonyl (C=O) groups is 2. The number of thiophene rings is 1. The van der Waals surface area contributed by atoms with Crippen LogP contribution in [0.4, 0.5) is 0 Å². The van der Waals surface area contributed by atoms with Gasteiger partial charge in [-0.3, -0.25) is 14.4 Å². The van der Waals surface area contributed by atoms with Crippen molar-refractivity contribution >= 4 is 34.2 Å². The van der Waals surface area contributed by atoms with E-state index in [1.54, 1.807) is 40.4 Å². The zero-order valence-corrected chi connectivity index (χ0v) is 18.9. The molecule has 3 heterocycles. The molecule has 8 heteroatoms. The van der Waals surface area contributed by atoms with Gasteiger partial charge in [0.05, 0.1) is 11.3 Å². The fraction of sp³-hybridized carbons (Fsp3) is 0.231. The molecular formula is C26H21N3O4S. The van der Waals surface area contributed by atoms with Crippen LogP contribution in [0, 0.1) is 5.92 Å². The number of nitrogens with zero attached hydrogens (tertiary/aromatic N) is 2. The van der Waals surface area contributed by atoms with Crippen molar-refractivity contribution in [1.82, 2.24) is 14.9 Å². The van der Waals surface area contributed by atoms with Crippen molar-refractivity contribution in [2.75, 3.05) is 0 Å². The summed E-state index contributed by atoms with van der Waals surface area (Å²) in [6.45, 7) is 0. The standard InChI is InChI=1S/C26H21N3O4S/c30-23-17-5-2-10-27-24(17)29(13-20(23)25(31)28-15-6-7-15)16-4-1-3-14(11-16)21-8-9-22(34-21)18-12-19(18)26(32)33/h1-5,8-11,13,15,18-19H,6-7,12H2,(H,28,31)(H,32,33). The zero-order valence-electron chi connectivity index (χ0n) is 18.1. The van der Waals surface area contributed by atoms with Crippen LogP contribution in [0.3, 0.4) is 0 Å². The van der Waals surface area contributed by atoms with E-state index in [0.29, 0.717) is 17.5 Å². The number of carboxylic acids is 1. The summed E-state index contributed by atoms with van der Waals surface area (Å²) in [7, 11) is 0.